The molecule has 0 unspecified atom stereocenters. The fraction of sp³-hybridized carbons (Fsp3) is 0.583. The number of carbonyl (C=O) groups is 1. The molecule has 1 aromatic rings. The summed E-state index contributed by atoms with van der Waals surface area (Å²) in [5.74, 6) is 0.827. The summed E-state index contributed by atoms with van der Waals surface area (Å²) in [5, 5.41) is 2.00. The Labute approximate surface area is 100 Å². The highest BCUT2D eigenvalue weighted by Crippen LogP contribution is 2.28. The molecule has 0 amide bonds. The number of hydrogen-bond donors (Lipinski definition) is 0. The minimum absolute atomic E-state index is 0.763. The lowest BCUT2D eigenvalue weighted by molar-refractivity contribution is 0.112. The van der Waals surface area contributed by atoms with E-state index in [2.05, 4.69) is 4.90 Å². The Hall–Kier alpha value is -0.870. The number of rotatable bonds is 7. The Morgan fingerprint density at radius 2 is 2.44 bits per heavy atom. The molecule has 0 spiro atoms. The molecule has 0 radical (unpaired) electrons. The van der Waals surface area contributed by atoms with E-state index in [4.69, 9.17) is 4.74 Å². The lowest BCUT2D eigenvalue weighted by Gasteiger charge is -2.17. The maximum absolute atomic E-state index is 10.6. The van der Waals surface area contributed by atoms with Gasteiger partial charge in [0.05, 0.1) is 11.5 Å². The maximum Gasteiger partial charge on any atom is 0.160 e. The molecule has 16 heavy (non-hydrogen) atoms. The van der Waals surface area contributed by atoms with Crippen LogP contribution in [0.4, 0.5) is 5.69 Å². The van der Waals surface area contributed by atoms with Crippen LogP contribution in [0.3, 0.4) is 0 Å². The van der Waals surface area contributed by atoms with Crippen LogP contribution in [0.5, 0.6) is 0 Å². The van der Waals surface area contributed by atoms with E-state index in [1.54, 1.807) is 0 Å². The molecule has 3 nitrogen and oxygen atoms in total. The van der Waals surface area contributed by atoms with Crippen molar-refractivity contribution < 1.29 is 9.53 Å². The summed E-state index contributed by atoms with van der Waals surface area (Å²) in [6.07, 6.45) is 3.57. The van der Waals surface area contributed by atoms with E-state index in [-0.39, 0.29) is 0 Å². The largest absolute Gasteiger partial charge is 0.379 e. The van der Waals surface area contributed by atoms with E-state index in [9.17, 15) is 4.79 Å². The van der Waals surface area contributed by atoms with Crippen LogP contribution < -0.4 is 4.90 Å². The van der Waals surface area contributed by atoms with Gasteiger partial charge in [0.1, 0.15) is 0 Å². The first-order chi connectivity index (χ1) is 7.79. The molecule has 1 fully saturated rings. The van der Waals surface area contributed by atoms with E-state index in [0.29, 0.717) is 0 Å². The SMILES string of the molecule is CN(CCOCC1CC1)c1csc(C=O)c1. The summed E-state index contributed by atoms with van der Waals surface area (Å²) >= 11 is 1.48. The van der Waals surface area contributed by atoms with Crippen LogP contribution in [-0.2, 0) is 4.74 Å². The van der Waals surface area contributed by atoms with Crippen molar-refractivity contribution in [1.29, 1.82) is 0 Å². The smallest absolute Gasteiger partial charge is 0.160 e. The average molecular weight is 239 g/mol. The third-order valence-electron chi connectivity index (χ3n) is 2.78. The topological polar surface area (TPSA) is 29.5 Å². The second-order valence-electron chi connectivity index (χ2n) is 4.26. The van der Waals surface area contributed by atoms with Gasteiger partial charge in [-0.2, -0.15) is 0 Å². The van der Waals surface area contributed by atoms with Gasteiger partial charge in [0.15, 0.2) is 6.29 Å². The molecule has 0 aromatic carbocycles. The molecule has 0 N–H and O–H groups in total. The normalized spacial score (nSPS) is 15.1. The molecular formula is C12H17NO2S. The van der Waals surface area contributed by atoms with Gasteiger partial charge in [0, 0.05) is 31.3 Å². The van der Waals surface area contributed by atoms with E-state index in [1.165, 1.54) is 24.2 Å². The quantitative estimate of drug-likeness (QED) is 0.540. The molecule has 4 heteroatoms. The van der Waals surface area contributed by atoms with Gasteiger partial charge >= 0.3 is 0 Å². The molecule has 1 aliphatic carbocycles. The molecule has 1 heterocycles. The first kappa shape index (κ1) is 11.6. The van der Waals surface area contributed by atoms with Crippen molar-refractivity contribution in [3.63, 3.8) is 0 Å². The second-order valence-corrected chi connectivity index (χ2v) is 5.21. The number of hydrogen-bond acceptors (Lipinski definition) is 4. The van der Waals surface area contributed by atoms with Crippen LogP contribution in [-0.4, -0.2) is 33.1 Å². The summed E-state index contributed by atoms with van der Waals surface area (Å²) in [7, 11) is 2.02. The molecule has 88 valence electrons. The standard InChI is InChI=1S/C12H17NO2S/c1-13(4-5-15-8-10-2-3-10)11-6-12(7-14)16-9-11/h6-7,9-10H,2-5,8H2,1H3. The summed E-state index contributed by atoms with van der Waals surface area (Å²) in [5.41, 5.74) is 1.10. The van der Waals surface area contributed by atoms with Crippen molar-refractivity contribution >= 4 is 23.3 Å². The van der Waals surface area contributed by atoms with Crippen LogP contribution in [0, 0.1) is 5.92 Å². The average Bonchev–Trinajstić information content (AvgIpc) is 2.99. The molecular weight excluding hydrogens is 222 g/mol. The molecule has 0 atom stereocenters. The summed E-state index contributed by atoms with van der Waals surface area (Å²) < 4.78 is 5.58. The minimum Gasteiger partial charge on any atom is -0.379 e. The van der Waals surface area contributed by atoms with Crippen LogP contribution in [0.2, 0.25) is 0 Å². The zero-order valence-electron chi connectivity index (χ0n) is 9.52. The zero-order valence-corrected chi connectivity index (χ0v) is 10.3. The molecule has 1 aromatic heterocycles. The Kier molecular flexibility index (Phi) is 3.96. The number of aldehydes is 1. The van der Waals surface area contributed by atoms with Gasteiger partial charge in [-0.05, 0) is 24.8 Å². The lowest BCUT2D eigenvalue weighted by Crippen LogP contribution is -2.22. The summed E-state index contributed by atoms with van der Waals surface area (Å²) in [4.78, 5) is 13.5. The minimum atomic E-state index is 0.763. The maximum atomic E-state index is 10.6. The predicted octanol–water partition coefficient (Wildman–Crippen LogP) is 2.42. The van der Waals surface area contributed by atoms with Gasteiger partial charge in [-0.3, -0.25) is 4.79 Å². The monoisotopic (exact) mass is 239 g/mol. The molecule has 0 aliphatic heterocycles. The van der Waals surface area contributed by atoms with E-state index < -0.39 is 0 Å². The van der Waals surface area contributed by atoms with Gasteiger partial charge in [0.25, 0.3) is 0 Å². The van der Waals surface area contributed by atoms with Gasteiger partial charge in [-0.15, -0.1) is 11.3 Å². The number of anilines is 1. The fourth-order valence-corrected chi connectivity index (χ4v) is 2.22. The van der Waals surface area contributed by atoms with Crippen molar-refractivity contribution in [3.8, 4) is 0 Å². The number of nitrogens with zero attached hydrogens (tertiary/aromatic N) is 1. The van der Waals surface area contributed by atoms with E-state index >= 15 is 0 Å². The highest BCUT2D eigenvalue weighted by molar-refractivity contribution is 7.12. The number of likely N-dealkylation sites (N-methyl/N-ethyl adjacent to an activating group) is 1. The van der Waals surface area contributed by atoms with Crippen molar-refractivity contribution in [2.24, 2.45) is 5.92 Å². The molecule has 0 bridgehead atoms. The number of carbonyl (C=O) groups excluding carboxylic acids is 1. The van der Waals surface area contributed by atoms with E-state index in [1.807, 2.05) is 18.5 Å². The van der Waals surface area contributed by atoms with Crippen LogP contribution in [0.25, 0.3) is 0 Å². The van der Waals surface area contributed by atoms with Gasteiger partial charge in [-0.1, -0.05) is 0 Å². The lowest BCUT2D eigenvalue weighted by atomic mass is 10.4. The van der Waals surface area contributed by atoms with Crippen LogP contribution >= 0.6 is 11.3 Å². The molecule has 0 saturated heterocycles. The number of thiophene rings is 1. The third kappa shape index (κ3) is 3.32. The van der Waals surface area contributed by atoms with Gasteiger partial charge in [0.2, 0.25) is 0 Å². The summed E-state index contributed by atoms with van der Waals surface area (Å²) in [6.45, 7) is 2.55. The summed E-state index contributed by atoms with van der Waals surface area (Å²) in [6, 6.07) is 1.92. The highest BCUT2D eigenvalue weighted by atomic mass is 32.1. The zero-order chi connectivity index (χ0) is 11.4. The van der Waals surface area contributed by atoms with Crippen molar-refractivity contribution in [1.82, 2.24) is 0 Å². The molecule has 1 aliphatic rings. The van der Waals surface area contributed by atoms with Crippen molar-refractivity contribution in [2.75, 3.05) is 31.7 Å². The first-order valence-electron chi connectivity index (χ1n) is 5.62. The Morgan fingerprint density at radius 3 is 3.06 bits per heavy atom. The Morgan fingerprint density at radius 1 is 1.62 bits per heavy atom. The fourth-order valence-electron chi connectivity index (χ4n) is 1.47. The Balaban J connectivity index is 1.69. The van der Waals surface area contributed by atoms with Crippen LogP contribution in [0.1, 0.15) is 22.5 Å². The van der Waals surface area contributed by atoms with Crippen molar-refractivity contribution in [3.05, 3.63) is 16.3 Å². The second kappa shape index (κ2) is 5.46. The molecule has 2 rings (SSSR count). The predicted molar refractivity (Wildman–Crippen MR) is 66.5 cm³/mol. The van der Waals surface area contributed by atoms with Gasteiger partial charge in [-0.25, -0.2) is 0 Å². The van der Waals surface area contributed by atoms with Crippen molar-refractivity contribution in [2.45, 2.75) is 12.8 Å². The van der Waals surface area contributed by atoms with Gasteiger partial charge < -0.3 is 9.64 Å². The van der Waals surface area contributed by atoms with Crippen LogP contribution in [0.15, 0.2) is 11.4 Å². The molecule has 1 saturated carbocycles. The third-order valence-corrected chi connectivity index (χ3v) is 3.63. The highest BCUT2D eigenvalue weighted by Gasteiger charge is 2.20. The Bertz CT molecular complexity index is 347. The first-order valence-corrected chi connectivity index (χ1v) is 6.50. The van der Waals surface area contributed by atoms with E-state index in [0.717, 1.165) is 42.5 Å². The number of ether oxygens (including phenoxy) is 1.